The average Bonchev–Trinajstić information content (AvgIpc) is 2.89. The van der Waals surface area contributed by atoms with Gasteiger partial charge in [-0.05, 0) is 31.2 Å². The molecule has 0 fully saturated rings. The predicted octanol–water partition coefficient (Wildman–Crippen LogP) is 2.99. The second-order valence-electron chi connectivity index (χ2n) is 4.24. The quantitative estimate of drug-likeness (QED) is 0.794. The van der Waals surface area contributed by atoms with E-state index >= 15 is 0 Å². The second kappa shape index (κ2) is 4.00. The van der Waals surface area contributed by atoms with E-state index in [1.165, 1.54) is 5.56 Å². The van der Waals surface area contributed by atoms with Gasteiger partial charge in [0.15, 0.2) is 0 Å². The van der Waals surface area contributed by atoms with E-state index in [1.807, 2.05) is 43.5 Å². The van der Waals surface area contributed by atoms with E-state index in [2.05, 4.69) is 16.7 Å². The third kappa shape index (κ3) is 1.87. The van der Waals surface area contributed by atoms with Crippen molar-refractivity contribution in [2.45, 2.75) is 23.3 Å². The zero-order valence-electron chi connectivity index (χ0n) is 9.59. The maximum Gasteiger partial charge on any atom is 0.0865 e. The normalized spacial score (nSPS) is 14.9. The lowest BCUT2D eigenvalue weighted by atomic mass is 10.2. The number of hydrogen-bond acceptors (Lipinski definition) is 1. The Morgan fingerprint density at radius 2 is 1.94 bits per heavy atom. The van der Waals surface area contributed by atoms with Gasteiger partial charge >= 0.3 is 0 Å². The Labute approximate surface area is 103 Å². The molecule has 2 aromatic rings. The highest BCUT2D eigenvalue weighted by Gasteiger charge is 2.13. The molecule has 1 aromatic heterocycles. The lowest BCUT2D eigenvalue weighted by Crippen LogP contribution is -1.92. The first kappa shape index (κ1) is 10.5. The van der Waals surface area contributed by atoms with Crippen LogP contribution in [0.4, 0.5) is 0 Å². The van der Waals surface area contributed by atoms with Gasteiger partial charge in [-0.15, -0.1) is 0 Å². The highest BCUT2D eigenvalue weighted by atomic mass is 32.2. The van der Waals surface area contributed by atoms with Crippen molar-refractivity contribution in [1.29, 1.82) is 0 Å². The fourth-order valence-electron chi connectivity index (χ4n) is 1.98. The fourth-order valence-corrected chi connectivity index (χ4v) is 3.09. The minimum absolute atomic E-state index is 0.865. The summed E-state index contributed by atoms with van der Waals surface area (Å²) in [5.74, 6) is 0. The van der Waals surface area contributed by atoms with E-state index in [0.717, 1.165) is 22.0 Å². The highest BCUT2D eigenvalue weighted by molar-refractivity contribution is 7.85. The third-order valence-corrected chi connectivity index (χ3v) is 4.30. The number of fused-ring (bicyclic) bond motifs is 1. The van der Waals surface area contributed by atoms with Crippen molar-refractivity contribution >= 4 is 16.9 Å². The lowest BCUT2D eigenvalue weighted by Gasteiger charge is -2.00. The molecule has 2 nitrogen and oxygen atoms in total. The molecular weight excluding hydrogens is 230 g/mol. The molecule has 0 amide bonds. The van der Waals surface area contributed by atoms with Gasteiger partial charge in [0.2, 0.25) is 0 Å². The third-order valence-electron chi connectivity index (χ3n) is 2.94. The summed E-state index contributed by atoms with van der Waals surface area (Å²) in [4.78, 5) is 1.75. The summed E-state index contributed by atoms with van der Waals surface area (Å²) in [5, 5.41) is 0. The minimum Gasteiger partial charge on any atom is -0.343 e. The van der Waals surface area contributed by atoms with Crippen molar-refractivity contribution in [2.75, 3.05) is 0 Å². The Hall–Kier alpha value is -1.61. The molecule has 17 heavy (non-hydrogen) atoms. The van der Waals surface area contributed by atoms with E-state index < -0.39 is 10.8 Å². The maximum atomic E-state index is 12.3. The summed E-state index contributed by atoms with van der Waals surface area (Å²) in [6.07, 6.45) is 6.15. The SMILES string of the molecule is Cc1ccc(S(=O)c2cc3n(c2)CC=C3)cc1. The van der Waals surface area contributed by atoms with Gasteiger partial charge in [-0.25, -0.2) is 4.21 Å². The Bertz CT molecular complexity index is 608. The van der Waals surface area contributed by atoms with Crippen molar-refractivity contribution in [3.8, 4) is 0 Å². The second-order valence-corrected chi connectivity index (χ2v) is 5.72. The van der Waals surface area contributed by atoms with E-state index in [9.17, 15) is 4.21 Å². The lowest BCUT2D eigenvalue weighted by molar-refractivity contribution is 0.682. The highest BCUT2D eigenvalue weighted by Crippen LogP contribution is 2.22. The molecule has 1 aliphatic heterocycles. The molecule has 0 saturated carbocycles. The van der Waals surface area contributed by atoms with Gasteiger partial charge in [0.1, 0.15) is 0 Å². The number of aryl methyl sites for hydroxylation is 1. The molecule has 0 spiro atoms. The van der Waals surface area contributed by atoms with Gasteiger partial charge in [-0.1, -0.05) is 23.8 Å². The number of hydrogen-bond donors (Lipinski definition) is 0. The van der Waals surface area contributed by atoms with Crippen LogP contribution < -0.4 is 0 Å². The van der Waals surface area contributed by atoms with Crippen LogP contribution in [0.1, 0.15) is 11.3 Å². The minimum atomic E-state index is -1.07. The molecule has 3 heteroatoms. The topological polar surface area (TPSA) is 22.0 Å². The first-order valence-electron chi connectivity index (χ1n) is 5.59. The molecule has 3 rings (SSSR count). The maximum absolute atomic E-state index is 12.3. The smallest absolute Gasteiger partial charge is 0.0865 e. The van der Waals surface area contributed by atoms with Crippen LogP contribution in [0.2, 0.25) is 0 Å². The standard InChI is InChI=1S/C14H13NOS/c1-11-4-6-13(7-5-11)17(16)14-9-12-3-2-8-15(12)10-14/h2-7,9-10H,8H2,1H3. The molecule has 2 heterocycles. The molecule has 1 aliphatic rings. The average molecular weight is 243 g/mol. The van der Waals surface area contributed by atoms with Crippen molar-refractivity contribution in [2.24, 2.45) is 0 Å². The van der Waals surface area contributed by atoms with Crippen LogP contribution in [0.15, 0.2) is 52.4 Å². The first-order valence-corrected chi connectivity index (χ1v) is 6.74. The van der Waals surface area contributed by atoms with Crippen LogP contribution in [0.25, 0.3) is 6.08 Å². The van der Waals surface area contributed by atoms with E-state index in [1.54, 1.807) is 0 Å². The Morgan fingerprint density at radius 3 is 2.65 bits per heavy atom. The number of rotatable bonds is 2. The van der Waals surface area contributed by atoms with Gasteiger partial charge in [-0.3, -0.25) is 0 Å². The summed E-state index contributed by atoms with van der Waals surface area (Å²) >= 11 is 0. The van der Waals surface area contributed by atoms with Crippen LogP contribution in [-0.4, -0.2) is 8.78 Å². The van der Waals surface area contributed by atoms with Gasteiger partial charge in [-0.2, -0.15) is 0 Å². The van der Waals surface area contributed by atoms with Gasteiger partial charge < -0.3 is 4.57 Å². The van der Waals surface area contributed by atoms with Gasteiger partial charge in [0, 0.05) is 23.3 Å². The molecule has 0 N–H and O–H groups in total. The summed E-state index contributed by atoms with van der Waals surface area (Å²) in [5.41, 5.74) is 2.33. The molecule has 0 bridgehead atoms. The molecule has 1 atom stereocenters. The van der Waals surface area contributed by atoms with E-state index in [0.29, 0.717) is 0 Å². The zero-order valence-corrected chi connectivity index (χ0v) is 10.4. The molecule has 0 saturated heterocycles. The summed E-state index contributed by atoms with van der Waals surface area (Å²) in [6, 6.07) is 9.86. The largest absolute Gasteiger partial charge is 0.343 e. The van der Waals surface area contributed by atoms with Gasteiger partial charge in [0.25, 0.3) is 0 Å². The molecular formula is C14H13NOS. The fraction of sp³-hybridized carbons (Fsp3) is 0.143. The van der Waals surface area contributed by atoms with Crippen molar-refractivity contribution < 1.29 is 4.21 Å². The number of allylic oxidation sites excluding steroid dienone is 1. The van der Waals surface area contributed by atoms with Gasteiger partial charge in [0.05, 0.1) is 15.7 Å². The monoisotopic (exact) mass is 243 g/mol. The molecule has 0 radical (unpaired) electrons. The molecule has 1 unspecified atom stereocenters. The number of aromatic nitrogens is 1. The Balaban J connectivity index is 1.95. The van der Waals surface area contributed by atoms with E-state index in [-0.39, 0.29) is 0 Å². The predicted molar refractivity (Wildman–Crippen MR) is 69.3 cm³/mol. The first-order chi connectivity index (χ1) is 8.24. The van der Waals surface area contributed by atoms with Crippen LogP contribution in [0.5, 0.6) is 0 Å². The summed E-state index contributed by atoms with van der Waals surface area (Å²) < 4.78 is 14.4. The number of benzene rings is 1. The molecule has 86 valence electrons. The Kier molecular flexibility index (Phi) is 2.48. The van der Waals surface area contributed by atoms with Crippen LogP contribution in [-0.2, 0) is 17.3 Å². The summed E-state index contributed by atoms with van der Waals surface area (Å²) in [6.45, 7) is 2.92. The van der Waals surface area contributed by atoms with Crippen molar-refractivity contribution in [3.63, 3.8) is 0 Å². The summed E-state index contributed by atoms with van der Waals surface area (Å²) in [7, 11) is -1.07. The van der Waals surface area contributed by atoms with Crippen LogP contribution >= 0.6 is 0 Å². The molecule has 0 aliphatic carbocycles. The van der Waals surface area contributed by atoms with Crippen molar-refractivity contribution in [1.82, 2.24) is 4.57 Å². The van der Waals surface area contributed by atoms with Crippen LogP contribution in [0, 0.1) is 6.92 Å². The Morgan fingerprint density at radius 1 is 1.18 bits per heavy atom. The van der Waals surface area contributed by atoms with E-state index in [4.69, 9.17) is 0 Å². The van der Waals surface area contributed by atoms with Crippen LogP contribution in [0.3, 0.4) is 0 Å². The zero-order chi connectivity index (χ0) is 11.8. The van der Waals surface area contributed by atoms with Crippen molar-refractivity contribution in [3.05, 3.63) is 53.9 Å². The molecule has 1 aromatic carbocycles. The number of nitrogens with zero attached hydrogens (tertiary/aromatic N) is 1.